The Hall–Kier alpha value is -3.20. The summed E-state index contributed by atoms with van der Waals surface area (Å²) in [5.74, 6) is 1.40. The summed E-state index contributed by atoms with van der Waals surface area (Å²) in [6, 6.07) is 7.99. The number of benzene rings is 1. The van der Waals surface area contributed by atoms with Crippen LogP contribution >= 0.6 is 7.75 Å². The molecule has 1 aromatic heterocycles. The molecule has 1 saturated heterocycles. The summed E-state index contributed by atoms with van der Waals surface area (Å²) in [5, 5.41) is 20.7. The van der Waals surface area contributed by atoms with Crippen LogP contribution in [0.1, 0.15) is 33.4 Å². The quantitative estimate of drug-likeness (QED) is 0.286. The Bertz CT molecular complexity index is 1300. The number of hydrogen-bond acceptors (Lipinski definition) is 8. The summed E-state index contributed by atoms with van der Waals surface area (Å²) in [6.07, 6.45) is 3.58. The molecule has 1 unspecified atom stereocenters. The second-order valence-electron chi connectivity index (χ2n) is 8.76. The number of ether oxygens (including phenoxy) is 1. The minimum absolute atomic E-state index is 0.0725. The van der Waals surface area contributed by atoms with Gasteiger partial charge in [-0.05, 0) is 32.4 Å². The van der Waals surface area contributed by atoms with Crippen LogP contribution in [0.5, 0.6) is 5.75 Å². The van der Waals surface area contributed by atoms with Crippen LogP contribution in [0.25, 0.3) is 0 Å². The maximum Gasteiger partial charge on any atom is 0.462 e. The van der Waals surface area contributed by atoms with Crippen molar-refractivity contribution in [1.82, 2.24) is 14.2 Å². The lowest BCUT2D eigenvalue weighted by Crippen LogP contribution is -2.41. The first-order valence-electron chi connectivity index (χ1n) is 11.6. The number of carboxylic acid groups (broad SMARTS) is 1. The lowest BCUT2D eigenvalue weighted by atomic mass is 9.83. The maximum atomic E-state index is 14.1. The minimum atomic E-state index is -4.32. The van der Waals surface area contributed by atoms with Gasteiger partial charge in [0.15, 0.2) is 6.23 Å². The highest BCUT2D eigenvalue weighted by molar-refractivity contribution is 7.51. The second-order valence-corrected chi connectivity index (χ2v) is 10.7. The molecule has 0 saturated carbocycles. The highest BCUT2D eigenvalue weighted by Crippen LogP contribution is 2.54. The molecule has 3 N–H and O–H groups in total. The van der Waals surface area contributed by atoms with Crippen molar-refractivity contribution in [2.24, 2.45) is 5.41 Å². The summed E-state index contributed by atoms with van der Waals surface area (Å²) < 4.78 is 33.6. The highest BCUT2D eigenvalue weighted by atomic mass is 31.2. The van der Waals surface area contributed by atoms with Gasteiger partial charge in [-0.15, -0.1) is 6.42 Å². The Labute approximate surface area is 213 Å². The molecule has 3 rings (SSSR count). The number of aliphatic carboxylic acids is 1. The van der Waals surface area contributed by atoms with E-state index in [0.29, 0.717) is 6.42 Å². The van der Waals surface area contributed by atoms with Gasteiger partial charge in [0.2, 0.25) is 0 Å². The van der Waals surface area contributed by atoms with Gasteiger partial charge in [0.1, 0.15) is 29.4 Å². The normalized spacial score (nSPS) is 25.8. The van der Waals surface area contributed by atoms with Gasteiger partial charge >= 0.3 is 19.4 Å². The van der Waals surface area contributed by atoms with Gasteiger partial charge in [-0.1, -0.05) is 31.0 Å². The van der Waals surface area contributed by atoms with E-state index in [1.165, 1.54) is 20.0 Å². The first kappa shape index (κ1) is 28.4. The van der Waals surface area contributed by atoms with Gasteiger partial charge < -0.3 is 19.5 Å². The molecular weight excluding hydrogens is 505 g/mol. The van der Waals surface area contributed by atoms with Gasteiger partial charge in [0.25, 0.3) is 5.56 Å². The van der Waals surface area contributed by atoms with Crippen molar-refractivity contribution in [3.63, 3.8) is 0 Å². The van der Waals surface area contributed by atoms with E-state index in [4.69, 9.17) is 20.2 Å². The summed E-state index contributed by atoms with van der Waals surface area (Å²) in [6.45, 7) is 4.20. The first-order chi connectivity index (χ1) is 17.5. The van der Waals surface area contributed by atoms with E-state index in [-0.39, 0.29) is 12.3 Å². The molecule has 200 valence electrons. The fraction of sp³-hybridized carbons (Fsp3) is 0.458. The number of aliphatic hydroxyl groups excluding tert-OH is 1. The zero-order valence-electron chi connectivity index (χ0n) is 20.6. The van der Waals surface area contributed by atoms with Crippen LogP contribution in [0.4, 0.5) is 0 Å². The number of terminal acetylenes is 1. The Morgan fingerprint density at radius 1 is 1.35 bits per heavy atom. The van der Waals surface area contributed by atoms with E-state index in [1.54, 1.807) is 37.3 Å². The van der Waals surface area contributed by atoms with Crippen molar-refractivity contribution in [3.8, 4) is 18.1 Å². The molecule has 37 heavy (non-hydrogen) atoms. The monoisotopic (exact) mass is 535 g/mol. The van der Waals surface area contributed by atoms with E-state index in [9.17, 15) is 29.2 Å². The number of aromatic amines is 1. The maximum absolute atomic E-state index is 14.1. The molecule has 6 atom stereocenters. The smallest absolute Gasteiger partial charge is 0.462 e. The van der Waals surface area contributed by atoms with Crippen LogP contribution < -0.4 is 15.8 Å². The number of nitrogens with one attached hydrogen (secondary N) is 1. The lowest BCUT2D eigenvalue weighted by molar-refractivity contribution is -0.141. The van der Waals surface area contributed by atoms with E-state index in [1.807, 2.05) is 0 Å². The minimum Gasteiger partial charge on any atom is -0.480 e. The van der Waals surface area contributed by atoms with E-state index < -0.39 is 61.5 Å². The average molecular weight is 535 g/mol. The number of hydrogen-bond donors (Lipinski definition) is 3. The van der Waals surface area contributed by atoms with E-state index >= 15 is 0 Å². The summed E-state index contributed by atoms with van der Waals surface area (Å²) in [7, 11) is -4.32. The van der Waals surface area contributed by atoms with Crippen molar-refractivity contribution in [2.45, 2.75) is 51.7 Å². The molecule has 0 amide bonds. The second kappa shape index (κ2) is 11.5. The molecule has 1 aromatic carbocycles. The Morgan fingerprint density at radius 2 is 2.03 bits per heavy atom. The molecule has 0 spiro atoms. The number of aliphatic hydroxyl groups is 1. The number of carboxylic acids is 1. The molecule has 0 aliphatic carbocycles. The number of para-hydroxylation sites is 1. The largest absolute Gasteiger partial charge is 0.480 e. The number of nitrogens with zero attached hydrogens (tertiary/aromatic N) is 2. The van der Waals surface area contributed by atoms with E-state index in [0.717, 1.165) is 15.3 Å². The Balaban J connectivity index is 1.94. The Kier molecular flexibility index (Phi) is 8.79. The van der Waals surface area contributed by atoms with Crippen LogP contribution in [-0.2, 0) is 18.6 Å². The van der Waals surface area contributed by atoms with Crippen LogP contribution in [0.15, 0.2) is 52.2 Å². The molecule has 1 fully saturated rings. The Morgan fingerprint density at radius 3 is 2.59 bits per heavy atom. The molecular formula is C24H30N3O9P. The van der Waals surface area contributed by atoms with Crippen LogP contribution in [0.2, 0.25) is 0 Å². The van der Waals surface area contributed by atoms with Crippen LogP contribution in [-0.4, -0.2) is 61.8 Å². The topological polar surface area (TPSA) is 160 Å². The van der Waals surface area contributed by atoms with Crippen molar-refractivity contribution in [2.75, 3.05) is 13.2 Å². The predicted octanol–water partition coefficient (Wildman–Crippen LogP) is 1.82. The van der Waals surface area contributed by atoms with Gasteiger partial charge in [-0.2, -0.15) is 4.67 Å². The SMILES string of the molecule is C#C[C@]1(C)[C@H](O)[C@@H](CO[P@@](=O)(Oc2ccccc2)N(CCC)C(C)C(=O)O)O[C@H]1n1ccc(=O)[nH]c1=O. The molecule has 0 bridgehead atoms. The average Bonchev–Trinajstić information content (AvgIpc) is 3.11. The highest BCUT2D eigenvalue weighted by Gasteiger charge is 2.54. The number of aromatic nitrogens is 2. The van der Waals surface area contributed by atoms with E-state index in [2.05, 4.69) is 10.9 Å². The van der Waals surface area contributed by atoms with Crippen LogP contribution in [0, 0.1) is 17.8 Å². The fourth-order valence-electron chi connectivity index (χ4n) is 3.99. The van der Waals surface area contributed by atoms with Gasteiger partial charge in [0.05, 0.1) is 6.61 Å². The summed E-state index contributed by atoms with van der Waals surface area (Å²) in [4.78, 5) is 37.8. The third-order valence-electron chi connectivity index (χ3n) is 6.14. The van der Waals surface area contributed by atoms with Crippen LogP contribution in [0.3, 0.4) is 0 Å². The molecule has 13 heteroatoms. The van der Waals surface area contributed by atoms with Crippen molar-refractivity contribution >= 4 is 13.7 Å². The lowest BCUT2D eigenvalue weighted by Gasteiger charge is -2.33. The third kappa shape index (κ3) is 5.87. The fourth-order valence-corrected chi connectivity index (χ4v) is 5.98. The predicted molar refractivity (Wildman–Crippen MR) is 133 cm³/mol. The van der Waals surface area contributed by atoms with Crippen molar-refractivity contribution in [1.29, 1.82) is 0 Å². The zero-order chi connectivity index (χ0) is 27.4. The molecule has 1 aliphatic heterocycles. The zero-order valence-corrected chi connectivity index (χ0v) is 21.5. The summed E-state index contributed by atoms with van der Waals surface area (Å²) >= 11 is 0. The molecule has 2 aromatic rings. The third-order valence-corrected chi connectivity index (χ3v) is 8.23. The molecule has 0 radical (unpaired) electrons. The molecule has 12 nitrogen and oxygen atoms in total. The molecule has 2 heterocycles. The first-order valence-corrected chi connectivity index (χ1v) is 13.1. The number of carbonyl (C=O) groups is 1. The van der Waals surface area contributed by atoms with Crippen molar-refractivity contribution < 1.29 is 33.4 Å². The number of H-pyrrole nitrogens is 1. The van der Waals surface area contributed by atoms with Gasteiger partial charge in [0, 0.05) is 18.8 Å². The standard InChI is InChI=1S/C24H30N3O9P/c1-5-13-27(16(3)21(30)31)37(33,36-17-10-8-7-9-11-17)34-15-18-20(29)24(4,6-2)22(35-18)26-14-12-19(28)25-23(26)32/h2,7-12,14,16,18,20,22,29H,5,13,15H2,1,3-4H3,(H,30,31)(H,25,28,32)/t16?,18-,20-,22-,24-,37-/m1/s1. The van der Waals surface area contributed by atoms with Gasteiger partial charge in [-0.25, -0.2) is 9.36 Å². The van der Waals surface area contributed by atoms with Crippen molar-refractivity contribution in [3.05, 3.63) is 63.4 Å². The summed E-state index contributed by atoms with van der Waals surface area (Å²) in [5.41, 5.74) is -2.85. The van der Waals surface area contributed by atoms with Gasteiger partial charge in [-0.3, -0.25) is 23.7 Å². The number of rotatable bonds is 11. The molecule has 1 aliphatic rings.